The topological polar surface area (TPSA) is 54.3 Å². The van der Waals surface area contributed by atoms with Crippen LogP contribution >= 0.6 is 0 Å². The summed E-state index contributed by atoms with van der Waals surface area (Å²) in [5.41, 5.74) is 2.01. The van der Waals surface area contributed by atoms with E-state index in [1.54, 1.807) is 6.07 Å². The molecule has 0 aliphatic carbocycles. The van der Waals surface area contributed by atoms with Crippen molar-refractivity contribution in [1.29, 1.82) is 0 Å². The van der Waals surface area contributed by atoms with Gasteiger partial charge in [-0.05, 0) is 25.5 Å². The molecule has 0 bridgehead atoms. The molecule has 16 heavy (non-hydrogen) atoms. The Bertz CT molecular complexity index is 368. The summed E-state index contributed by atoms with van der Waals surface area (Å²) in [6.07, 6.45) is 7.18. The third-order valence-corrected chi connectivity index (χ3v) is 2.67. The highest BCUT2D eigenvalue weighted by Gasteiger charge is 2.07. The van der Waals surface area contributed by atoms with Crippen LogP contribution in [0.15, 0.2) is 34.7 Å². The molecule has 1 aliphatic heterocycles. The van der Waals surface area contributed by atoms with Gasteiger partial charge < -0.3 is 15.1 Å². The minimum Gasteiger partial charge on any atom is -0.472 e. The first-order valence-corrected chi connectivity index (χ1v) is 5.55. The number of rotatable bonds is 4. The zero-order valence-corrected chi connectivity index (χ0v) is 9.16. The number of hydrogen-bond acceptors (Lipinski definition) is 3. The van der Waals surface area contributed by atoms with Crippen molar-refractivity contribution in [1.82, 2.24) is 10.6 Å². The molecule has 4 heteroatoms. The second-order valence-corrected chi connectivity index (χ2v) is 3.83. The Hall–Kier alpha value is -1.55. The van der Waals surface area contributed by atoms with Crippen LogP contribution in [0.2, 0.25) is 0 Å². The van der Waals surface area contributed by atoms with E-state index in [2.05, 4.69) is 16.7 Å². The van der Waals surface area contributed by atoms with Crippen molar-refractivity contribution in [2.45, 2.75) is 12.8 Å². The molecular weight excluding hydrogens is 204 g/mol. The molecule has 0 radical (unpaired) electrons. The van der Waals surface area contributed by atoms with Gasteiger partial charge in [-0.2, -0.15) is 0 Å². The van der Waals surface area contributed by atoms with Crippen molar-refractivity contribution in [3.8, 4) is 0 Å². The van der Waals surface area contributed by atoms with Gasteiger partial charge in [0.1, 0.15) is 6.26 Å². The number of furan rings is 1. The lowest BCUT2D eigenvalue weighted by atomic mass is 10.1. The van der Waals surface area contributed by atoms with Gasteiger partial charge in [0, 0.05) is 13.1 Å². The van der Waals surface area contributed by atoms with E-state index >= 15 is 0 Å². The monoisotopic (exact) mass is 220 g/mol. The van der Waals surface area contributed by atoms with Crippen LogP contribution in [0, 0.1) is 0 Å². The Morgan fingerprint density at radius 1 is 1.56 bits per heavy atom. The third-order valence-electron chi connectivity index (χ3n) is 2.67. The largest absolute Gasteiger partial charge is 0.472 e. The van der Waals surface area contributed by atoms with Crippen LogP contribution in [-0.4, -0.2) is 25.5 Å². The summed E-state index contributed by atoms with van der Waals surface area (Å²) >= 11 is 0. The SMILES string of the molecule is O=C(NCCC1=CCNCC1)c1ccoc1. The summed E-state index contributed by atoms with van der Waals surface area (Å²) < 4.78 is 4.85. The highest BCUT2D eigenvalue weighted by molar-refractivity contribution is 5.93. The van der Waals surface area contributed by atoms with Crippen LogP contribution in [0.1, 0.15) is 23.2 Å². The van der Waals surface area contributed by atoms with Gasteiger partial charge in [0.05, 0.1) is 11.8 Å². The van der Waals surface area contributed by atoms with E-state index in [0.29, 0.717) is 12.1 Å². The fourth-order valence-corrected chi connectivity index (χ4v) is 1.73. The molecule has 4 nitrogen and oxygen atoms in total. The zero-order chi connectivity index (χ0) is 11.2. The Balaban J connectivity index is 1.72. The minimum absolute atomic E-state index is 0.0664. The first-order valence-electron chi connectivity index (χ1n) is 5.55. The second kappa shape index (κ2) is 5.51. The molecule has 0 fully saturated rings. The minimum atomic E-state index is -0.0664. The lowest BCUT2D eigenvalue weighted by Gasteiger charge is -2.13. The molecule has 2 heterocycles. The molecule has 2 N–H and O–H groups in total. The normalized spacial score (nSPS) is 15.6. The molecule has 1 aromatic heterocycles. The molecule has 1 aliphatic rings. The molecule has 1 aromatic rings. The number of hydrogen-bond donors (Lipinski definition) is 2. The maximum Gasteiger partial charge on any atom is 0.254 e. The first-order chi connectivity index (χ1) is 7.86. The van der Waals surface area contributed by atoms with Crippen molar-refractivity contribution in [3.63, 3.8) is 0 Å². The van der Waals surface area contributed by atoms with Crippen molar-refractivity contribution in [2.24, 2.45) is 0 Å². The van der Waals surface area contributed by atoms with Crippen LogP contribution in [0.4, 0.5) is 0 Å². The van der Waals surface area contributed by atoms with Crippen LogP contribution in [0.25, 0.3) is 0 Å². The third kappa shape index (κ3) is 2.97. The van der Waals surface area contributed by atoms with Crippen LogP contribution in [0.3, 0.4) is 0 Å². The average Bonchev–Trinajstić information content (AvgIpc) is 2.84. The van der Waals surface area contributed by atoms with Gasteiger partial charge in [0.15, 0.2) is 0 Å². The van der Waals surface area contributed by atoms with E-state index in [1.807, 2.05) is 0 Å². The van der Waals surface area contributed by atoms with Crippen LogP contribution in [0.5, 0.6) is 0 Å². The standard InChI is InChI=1S/C12H16N2O2/c15-12(11-4-8-16-9-11)14-7-3-10-1-5-13-6-2-10/h1,4,8-9,13H,2-3,5-7H2,(H,14,15). The van der Waals surface area contributed by atoms with Crippen molar-refractivity contribution in [2.75, 3.05) is 19.6 Å². The maximum atomic E-state index is 11.5. The van der Waals surface area contributed by atoms with Crippen LogP contribution in [-0.2, 0) is 0 Å². The molecule has 0 atom stereocenters. The lowest BCUT2D eigenvalue weighted by molar-refractivity contribution is 0.0953. The molecule has 1 amide bonds. The molecule has 0 saturated heterocycles. The van der Waals surface area contributed by atoms with E-state index in [0.717, 1.165) is 25.9 Å². The molecule has 2 rings (SSSR count). The van der Waals surface area contributed by atoms with Gasteiger partial charge in [0.25, 0.3) is 5.91 Å². The lowest BCUT2D eigenvalue weighted by Crippen LogP contribution is -2.26. The van der Waals surface area contributed by atoms with Gasteiger partial charge in [-0.25, -0.2) is 0 Å². The molecule has 0 aromatic carbocycles. The van der Waals surface area contributed by atoms with E-state index < -0.39 is 0 Å². The first kappa shape index (κ1) is 11.0. The Morgan fingerprint density at radius 3 is 3.19 bits per heavy atom. The van der Waals surface area contributed by atoms with Gasteiger partial charge >= 0.3 is 0 Å². The molecule has 0 spiro atoms. The van der Waals surface area contributed by atoms with E-state index in [4.69, 9.17) is 4.42 Å². The summed E-state index contributed by atoms with van der Waals surface area (Å²) in [6, 6.07) is 1.67. The fourth-order valence-electron chi connectivity index (χ4n) is 1.73. The van der Waals surface area contributed by atoms with E-state index in [1.165, 1.54) is 18.1 Å². The second-order valence-electron chi connectivity index (χ2n) is 3.83. The zero-order valence-electron chi connectivity index (χ0n) is 9.16. The number of nitrogens with one attached hydrogen (secondary N) is 2. The predicted octanol–water partition coefficient (Wildman–Crippen LogP) is 1.32. The highest BCUT2D eigenvalue weighted by Crippen LogP contribution is 2.08. The quantitative estimate of drug-likeness (QED) is 0.752. The summed E-state index contributed by atoms with van der Waals surface area (Å²) in [4.78, 5) is 11.5. The van der Waals surface area contributed by atoms with Crippen LogP contribution < -0.4 is 10.6 Å². The molecule has 0 unspecified atom stereocenters. The maximum absolute atomic E-state index is 11.5. The Labute approximate surface area is 94.7 Å². The summed E-state index contributed by atoms with van der Waals surface area (Å²) in [5, 5.41) is 6.13. The number of carbonyl (C=O) groups is 1. The summed E-state index contributed by atoms with van der Waals surface area (Å²) in [6.45, 7) is 2.68. The van der Waals surface area contributed by atoms with Crippen molar-refractivity contribution in [3.05, 3.63) is 35.8 Å². The molecular formula is C12H16N2O2. The van der Waals surface area contributed by atoms with E-state index in [9.17, 15) is 4.79 Å². The van der Waals surface area contributed by atoms with E-state index in [-0.39, 0.29) is 5.91 Å². The van der Waals surface area contributed by atoms with Gasteiger partial charge in [-0.1, -0.05) is 11.6 Å². The summed E-state index contributed by atoms with van der Waals surface area (Å²) in [7, 11) is 0. The van der Waals surface area contributed by atoms with Gasteiger partial charge in [-0.15, -0.1) is 0 Å². The molecule has 0 saturated carbocycles. The number of amides is 1. The number of carbonyl (C=O) groups excluding carboxylic acids is 1. The van der Waals surface area contributed by atoms with Gasteiger partial charge in [-0.3, -0.25) is 4.79 Å². The van der Waals surface area contributed by atoms with Crippen molar-refractivity contribution >= 4 is 5.91 Å². The predicted molar refractivity (Wildman–Crippen MR) is 61.2 cm³/mol. The summed E-state index contributed by atoms with van der Waals surface area (Å²) in [5.74, 6) is -0.0664. The smallest absolute Gasteiger partial charge is 0.254 e. The Kier molecular flexibility index (Phi) is 3.77. The van der Waals surface area contributed by atoms with Gasteiger partial charge in [0.2, 0.25) is 0 Å². The van der Waals surface area contributed by atoms with Crippen molar-refractivity contribution < 1.29 is 9.21 Å². The Morgan fingerprint density at radius 2 is 2.50 bits per heavy atom. The molecule has 86 valence electrons. The average molecular weight is 220 g/mol. The fraction of sp³-hybridized carbons (Fsp3) is 0.417. The highest BCUT2D eigenvalue weighted by atomic mass is 16.3.